The monoisotopic (exact) mass is 306 g/mol. The Morgan fingerprint density at radius 2 is 1.64 bits per heavy atom. The third-order valence-corrected chi connectivity index (χ3v) is 2.57. The Kier molecular flexibility index (Phi) is 6.98. The lowest BCUT2D eigenvalue weighted by molar-refractivity contribution is -0.133. The van der Waals surface area contributed by atoms with Crippen LogP contribution in [0.2, 0.25) is 0 Å². The van der Waals surface area contributed by atoms with Crippen LogP contribution in [-0.4, -0.2) is 37.7 Å². The molecule has 0 saturated heterocycles. The highest BCUT2D eigenvalue weighted by Crippen LogP contribution is 2.13. The van der Waals surface area contributed by atoms with E-state index in [9.17, 15) is 14.4 Å². The number of hydrogen-bond donors (Lipinski definition) is 0. The second kappa shape index (κ2) is 8.74. The zero-order valence-electron chi connectivity index (χ0n) is 12.6. The summed E-state index contributed by atoms with van der Waals surface area (Å²) in [7, 11) is 0. The predicted octanol–water partition coefficient (Wildman–Crippen LogP) is 2.14. The summed E-state index contributed by atoms with van der Waals surface area (Å²) in [6.07, 6.45) is 0. The summed E-state index contributed by atoms with van der Waals surface area (Å²) in [4.78, 5) is 35.3. The summed E-state index contributed by atoms with van der Waals surface area (Å²) in [5.74, 6) is -2.45. The van der Waals surface area contributed by atoms with Gasteiger partial charge in [0.1, 0.15) is 6.61 Å². The second-order valence-corrected chi connectivity index (χ2v) is 4.34. The molecule has 0 saturated carbocycles. The maximum absolute atomic E-state index is 12.0. The lowest BCUT2D eigenvalue weighted by atomic mass is 10.1. The largest absolute Gasteiger partial charge is 0.460 e. The Bertz CT molecular complexity index is 576. The Morgan fingerprint density at radius 3 is 2.18 bits per heavy atom. The van der Waals surface area contributed by atoms with Gasteiger partial charge in [-0.05, 0) is 26.0 Å². The number of benzene rings is 1. The summed E-state index contributed by atoms with van der Waals surface area (Å²) in [5.41, 5.74) is 0.0714. The van der Waals surface area contributed by atoms with Gasteiger partial charge in [-0.15, -0.1) is 0 Å². The van der Waals surface area contributed by atoms with Crippen molar-refractivity contribution in [2.75, 3.05) is 19.8 Å². The van der Waals surface area contributed by atoms with Gasteiger partial charge in [0.05, 0.1) is 17.7 Å². The van der Waals surface area contributed by atoms with Crippen molar-refractivity contribution in [2.45, 2.75) is 13.8 Å². The van der Waals surface area contributed by atoms with E-state index in [1.165, 1.54) is 19.1 Å². The van der Waals surface area contributed by atoms with Gasteiger partial charge in [0.15, 0.2) is 0 Å². The van der Waals surface area contributed by atoms with Gasteiger partial charge in [-0.1, -0.05) is 18.7 Å². The first-order valence-corrected chi connectivity index (χ1v) is 6.73. The zero-order valence-corrected chi connectivity index (χ0v) is 12.6. The molecule has 0 heterocycles. The normalized spacial score (nSPS) is 9.91. The fourth-order valence-electron chi connectivity index (χ4n) is 1.48. The van der Waals surface area contributed by atoms with E-state index < -0.39 is 17.9 Å². The average molecular weight is 306 g/mol. The highest BCUT2D eigenvalue weighted by Gasteiger charge is 2.21. The number of ether oxygens (including phenoxy) is 3. The molecule has 118 valence electrons. The Balaban J connectivity index is 2.80. The van der Waals surface area contributed by atoms with E-state index >= 15 is 0 Å². The van der Waals surface area contributed by atoms with E-state index in [-0.39, 0.29) is 29.9 Å². The molecule has 0 fully saturated rings. The van der Waals surface area contributed by atoms with Crippen molar-refractivity contribution in [2.24, 2.45) is 0 Å². The maximum atomic E-state index is 12.0. The molecule has 0 unspecified atom stereocenters. The minimum Gasteiger partial charge on any atom is -0.460 e. The molecule has 0 aliphatic carbocycles. The summed E-state index contributed by atoms with van der Waals surface area (Å²) in [5, 5.41) is 0. The smallest absolute Gasteiger partial charge is 0.346 e. The van der Waals surface area contributed by atoms with Crippen LogP contribution in [0.1, 0.15) is 34.6 Å². The fourth-order valence-corrected chi connectivity index (χ4v) is 1.48. The zero-order chi connectivity index (χ0) is 16.5. The third-order valence-electron chi connectivity index (χ3n) is 2.57. The maximum Gasteiger partial charge on any atom is 0.346 e. The number of rotatable bonds is 7. The molecule has 1 aromatic carbocycles. The van der Waals surface area contributed by atoms with Gasteiger partial charge in [-0.25, -0.2) is 14.4 Å². The van der Waals surface area contributed by atoms with Crippen LogP contribution in [0.5, 0.6) is 0 Å². The second-order valence-electron chi connectivity index (χ2n) is 4.34. The minimum atomic E-state index is -0.926. The lowest BCUT2D eigenvalue weighted by Crippen LogP contribution is -2.18. The molecule has 0 aliphatic rings. The fraction of sp³-hybridized carbons (Fsp3) is 0.312. The number of carbonyl (C=O) groups is 3. The van der Waals surface area contributed by atoms with Gasteiger partial charge in [0, 0.05) is 12.2 Å². The Labute approximate surface area is 128 Å². The van der Waals surface area contributed by atoms with Gasteiger partial charge in [-0.2, -0.15) is 0 Å². The summed E-state index contributed by atoms with van der Waals surface area (Å²) in [6.45, 7) is 7.48. The van der Waals surface area contributed by atoms with E-state index in [0.717, 1.165) is 0 Å². The van der Waals surface area contributed by atoms with Crippen molar-refractivity contribution in [3.05, 3.63) is 47.5 Å². The average Bonchev–Trinajstić information content (AvgIpc) is 2.51. The first-order valence-electron chi connectivity index (χ1n) is 6.73. The van der Waals surface area contributed by atoms with Gasteiger partial charge < -0.3 is 14.2 Å². The van der Waals surface area contributed by atoms with Gasteiger partial charge >= 0.3 is 17.9 Å². The van der Waals surface area contributed by atoms with Gasteiger partial charge in [0.25, 0.3) is 0 Å². The molecule has 0 amide bonds. The minimum absolute atomic E-state index is 0.0264. The first kappa shape index (κ1) is 17.6. The summed E-state index contributed by atoms with van der Waals surface area (Å²) in [6, 6.07) is 5.94. The SMILES string of the molecule is C=C(C)C(=O)OC(=O)c1ccccc1C(=O)OCCOCC. The molecule has 6 nitrogen and oxygen atoms in total. The molecule has 1 aromatic rings. The van der Waals surface area contributed by atoms with Gasteiger partial charge in [0.2, 0.25) is 0 Å². The van der Waals surface area contributed by atoms with Crippen molar-refractivity contribution in [3.8, 4) is 0 Å². The van der Waals surface area contributed by atoms with Crippen LogP contribution in [0.4, 0.5) is 0 Å². The Hall–Kier alpha value is -2.47. The molecule has 0 aliphatic heterocycles. The van der Waals surface area contributed by atoms with Crippen LogP contribution < -0.4 is 0 Å². The lowest BCUT2D eigenvalue weighted by Gasteiger charge is -2.09. The summed E-state index contributed by atoms with van der Waals surface area (Å²) < 4.78 is 14.7. The Morgan fingerprint density at radius 1 is 1.05 bits per heavy atom. The van der Waals surface area contributed by atoms with E-state index in [1.807, 2.05) is 6.92 Å². The number of carbonyl (C=O) groups excluding carboxylic acids is 3. The van der Waals surface area contributed by atoms with Crippen molar-refractivity contribution in [3.63, 3.8) is 0 Å². The van der Waals surface area contributed by atoms with E-state index in [1.54, 1.807) is 12.1 Å². The quantitative estimate of drug-likeness (QED) is 0.332. The van der Waals surface area contributed by atoms with Crippen molar-refractivity contribution < 1.29 is 28.6 Å². The molecule has 22 heavy (non-hydrogen) atoms. The van der Waals surface area contributed by atoms with Crippen LogP contribution in [0.15, 0.2) is 36.4 Å². The van der Waals surface area contributed by atoms with Crippen LogP contribution in [0.25, 0.3) is 0 Å². The third kappa shape index (κ3) is 5.14. The number of hydrogen-bond acceptors (Lipinski definition) is 6. The highest BCUT2D eigenvalue weighted by atomic mass is 16.6. The molecule has 0 N–H and O–H groups in total. The molecule has 6 heteroatoms. The highest BCUT2D eigenvalue weighted by molar-refractivity contribution is 6.07. The van der Waals surface area contributed by atoms with E-state index in [4.69, 9.17) is 9.47 Å². The molecule has 0 radical (unpaired) electrons. The van der Waals surface area contributed by atoms with E-state index in [0.29, 0.717) is 6.61 Å². The van der Waals surface area contributed by atoms with Crippen molar-refractivity contribution >= 4 is 17.9 Å². The molecule has 0 aromatic heterocycles. The molecule has 0 spiro atoms. The van der Waals surface area contributed by atoms with Crippen LogP contribution in [0.3, 0.4) is 0 Å². The predicted molar refractivity (Wildman–Crippen MR) is 78.5 cm³/mol. The van der Waals surface area contributed by atoms with Crippen molar-refractivity contribution in [1.29, 1.82) is 0 Å². The molecular weight excluding hydrogens is 288 g/mol. The first-order chi connectivity index (χ1) is 10.5. The topological polar surface area (TPSA) is 78.9 Å². The van der Waals surface area contributed by atoms with Crippen LogP contribution >= 0.6 is 0 Å². The molecule has 0 atom stereocenters. The van der Waals surface area contributed by atoms with E-state index in [2.05, 4.69) is 11.3 Å². The van der Waals surface area contributed by atoms with Crippen LogP contribution in [-0.2, 0) is 19.0 Å². The summed E-state index contributed by atoms with van der Waals surface area (Å²) >= 11 is 0. The molecule has 1 rings (SSSR count). The van der Waals surface area contributed by atoms with Crippen LogP contribution in [0, 0.1) is 0 Å². The molecule has 0 bridgehead atoms. The molecular formula is C16H18O6. The van der Waals surface area contributed by atoms with Crippen molar-refractivity contribution in [1.82, 2.24) is 0 Å². The standard InChI is InChI=1S/C16H18O6/c1-4-20-9-10-21-15(18)12-7-5-6-8-13(12)16(19)22-14(17)11(2)3/h5-8H,2,4,9-10H2,1,3H3. The number of esters is 3. The van der Waals surface area contributed by atoms with Gasteiger partial charge in [-0.3, -0.25) is 0 Å².